The van der Waals surface area contributed by atoms with Crippen molar-refractivity contribution in [3.63, 3.8) is 0 Å². The smallest absolute Gasteiger partial charge is 0.194 e. The lowest BCUT2D eigenvalue weighted by molar-refractivity contribution is -0.445. The molecule has 0 saturated carbocycles. The standard InChI is InChI=1S/C13H17FO4.2C2H6.CH3NO2/c1-13(2)17-8-11(18-13)7-16-10-3-4-12(14)9(5-10)6-15;2*1-2;1-2(3)4/h3-5,11,15H,6-8H2,1-2H3;2*1-2H3;1H3. The molecule has 2 rings (SSSR count). The molecule has 0 aromatic heterocycles. The van der Waals surface area contributed by atoms with E-state index in [1.54, 1.807) is 0 Å². The first-order valence-electron chi connectivity index (χ1n) is 8.65. The normalized spacial score (nSPS) is 16.7. The summed E-state index contributed by atoms with van der Waals surface area (Å²) in [5.41, 5.74) is 0.219. The summed E-state index contributed by atoms with van der Waals surface area (Å²) in [4.78, 5) is 8.31. The first-order valence-corrected chi connectivity index (χ1v) is 8.65. The van der Waals surface area contributed by atoms with Gasteiger partial charge in [-0.2, -0.15) is 0 Å². The zero-order valence-corrected chi connectivity index (χ0v) is 16.7. The predicted octanol–water partition coefficient (Wildman–Crippen LogP) is 3.79. The number of benzene rings is 1. The molecule has 1 aliphatic rings. The average molecular weight is 377 g/mol. The van der Waals surface area contributed by atoms with Crippen LogP contribution in [0.4, 0.5) is 4.39 Å². The van der Waals surface area contributed by atoms with E-state index >= 15 is 0 Å². The van der Waals surface area contributed by atoms with Crippen molar-refractivity contribution in [2.45, 2.75) is 60.0 Å². The summed E-state index contributed by atoms with van der Waals surface area (Å²) < 4.78 is 29.6. The van der Waals surface area contributed by atoms with Crippen LogP contribution in [0.25, 0.3) is 0 Å². The van der Waals surface area contributed by atoms with Crippen molar-refractivity contribution in [2.24, 2.45) is 0 Å². The molecular formula is C18H32FNO6. The van der Waals surface area contributed by atoms with Crippen LogP contribution in [-0.2, 0) is 16.1 Å². The van der Waals surface area contributed by atoms with Crippen LogP contribution in [0.2, 0.25) is 0 Å². The largest absolute Gasteiger partial charge is 0.491 e. The molecule has 0 aliphatic carbocycles. The summed E-state index contributed by atoms with van der Waals surface area (Å²) in [6, 6.07) is 4.28. The Balaban J connectivity index is 0. The Labute approximate surface area is 155 Å². The minimum Gasteiger partial charge on any atom is -0.491 e. The van der Waals surface area contributed by atoms with Gasteiger partial charge in [0.2, 0.25) is 0 Å². The lowest BCUT2D eigenvalue weighted by atomic mass is 10.2. The molecule has 1 saturated heterocycles. The fourth-order valence-electron chi connectivity index (χ4n) is 1.80. The maximum Gasteiger partial charge on any atom is 0.194 e. The summed E-state index contributed by atoms with van der Waals surface area (Å²) in [6.45, 7) is 12.1. The quantitative estimate of drug-likeness (QED) is 0.634. The number of halogens is 1. The van der Waals surface area contributed by atoms with Gasteiger partial charge < -0.3 is 19.3 Å². The highest BCUT2D eigenvalue weighted by molar-refractivity contribution is 5.29. The molecule has 8 heteroatoms. The topological polar surface area (TPSA) is 91.1 Å². The highest BCUT2D eigenvalue weighted by Gasteiger charge is 2.32. The Hall–Kier alpha value is -1.77. The summed E-state index contributed by atoms with van der Waals surface area (Å²) in [5.74, 6) is -0.507. The Morgan fingerprint density at radius 2 is 1.88 bits per heavy atom. The fourth-order valence-corrected chi connectivity index (χ4v) is 1.80. The highest BCUT2D eigenvalue weighted by atomic mass is 19.1. The third kappa shape index (κ3) is 11.7. The molecule has 1 aliphatic heterocycles. The zero-order valence-electron chi connectivity index (χ0n) is 16.7. The molecular weight excluding hydrogens is 345 g/mol. The zero-order chi connectivity index (χ0) is 20.8. The lowest BCUT2D eigenvalue weighted by Crippen LogP contribution is -2.25. The van der Waals surface area contributed by atoms with Crippen LogP contribution in [0, 0.1) is 15.9 Å². The van der Waals surface area contributed by atoms with Crippen molar-refractivity contribution >= 4 is 0 Å². The lowest BCUT2D eigenvalue weighted by Gasteiger charge is -2.17. The van der Waals surface area contributed by atoms with E-state index in [0.29, 0.717) is 19.0 Å². The van der Waals surface area contributed by atoms with Gasteiger partial charge >= 0.3 is 0 Å². The molecule has 0 spiro atoms. The van der Waals surface area contributed by atoms with Crippen molar-refractivity contribution in [1.82, 2.24) is 0 Å². The Bertz CT molecular complexity index is 506. The van der Waals surface area contributed by atoms with E-state index in [4.69, 9.17) is 29.4 Å². The number of aliphatic hydroxyl groups excluding tert-OH is 1. The van der Waals surface area contributed by atoms with E-state index in [0.717, 1.165) is 7.05 Å². The van der Waals surface area contributed by atoms with Crippen molar-refractivity contribution in [2.75, 3.05) is 20.3 Å². The van der Waals surface area contributed by atoms with Gasteiger partial charge in [0.25, 0.3) is 0 Å². The van der Waals surface area contributed by atoms with Gasteiger partial charge in [0.05, 0.1) is 13.2 Å². The van der Waals surface area contributed by atoms with E-state index < -0.39 is 16.5 Å². The van der Waals surface area contributed by atoms with Crippen molar-refractivity contribution in [3.05, 3.63) is 39.7 Å². The molecule has 0 amide bonds. The van der Waals surface area contributed by atoms with Gasteiger partial charge in [0.15, 0.2) is 12.8 Å². The van der Waals surface area contributed by atoms with E-state index in [-0.39, 0.29) is 18.3 Å². The number of aliphatic hydroxyl groups is 1. The first-order chi connectivity index (χ1) is 12.2. The monoisotopic (exact) mass is 377 g/mol. The molecule has 1 aromatic rings. The SMILES string of the molecule is CC.CC.CC1(C)OCC(COc2ccc(F)c(CO)c2)O1.C[N+](=O)[O-]. The molecule has 1 fully saturated rings. The van der Waals surface area contributed by atoms with Gasteiger partial charge in [0.1, 0.15) is 24.3 Å². The Morgan fingerprint density at radius 1 is 1.35 bits per heavy atom. The fraction of sp³-hybridized carbons (Fsp3) is 0.667. The maximum absolute atomic E-state index is 13.2. The Kier molecular flexibility index (Phi) is 14.7. The molecule has 26 heavy (non-hydrogen) atoms. The third-order valence-corrected chi connectivity index (χ3v) is 2.69. The average Bonchev–Trinajstić information content (AvgIpc) is 2.96. The molecule has 0 radical (unpaired) electrons. The third-order valence-electron chi connectivity index (χ3n) is 2.69. The van der Waals surface area contributed by atoms with Crippen LogP contribution in [0.1, 0.15) is 47.1 Å². The molecule has 1 heterocycles. The summed E-state index contributed by atoms with van der Waals surface area (Å²) in [7, 11) is 0.889. The van der Waals surface area contributed by atoms with Gasteiger partial charge in [-0.15, -0.1) is 0 Å². The number of hydrogen-bond donors (Lipinski definition) is 1. The molecule has 1 aromatic carbocycles. The van der Waals surface area contributed by atoms with Crippen molar-refractivity contribution < 1.29 is 28.6 Å². The van der Waals surface area contributed by atoms with E-state index in [1.807, 2.05) is 41.5 Å². The van der Waals surface area contributed by atoms with Gasteiger partial charge in [-0.05, 0) is 32.0 Å². The Morgan fingerprint density at radius 3 is 2.31 bits per heavy atom. The van der Waals surface area contributed by atoms with Crippen molar-refractivity contribution in [3.8, 4) is 5.75 Å². The summed E-state index contributed by atoms with van der Waals surface area (Å²) in [5, 5.41) is 17.8. The first kappa shape index (κ1) is 26.5. The number of ether oxygens (including phenoxy) is 3. The summed E-state index contributed by atoms with van der Waals surface area (Å²) in [6.07, 6.45) is -0.136. The van der Waals surface area contributed by atoms with E-state index in [1.165, 1.54) is 18.2 Å². The number of nitro groups is 1. The number of nitrogens with zero attached hydrogens (tertiary/aromatic N) is 1. The van der Waals surface area contributed by atoms with Crippen LogP contribution in [0.5, 0.6) is 5.75 Å². The minimum absolute atomic E-state index is 0.136. The van der Waals surface area contributed by atoms with Gasteiger partial charge in [-0.25, -0.2) is 4.39 Å². The second-order valence-electron chi connectivity index (χ2n) is 5.11. The molecule has 1 N–H and O–H groups in total. The molecule has 152 valence electrons. The molecule has 7 nitrogen and oxygen atoms in total. The second kappa shape index (κ2) is 14.4. The minimum atomic E-state index is -0.576. The van der Waals surface area contributed by atoms with Crippen molar-refractivity contribution in [1.29, 1.82) is 0 Å². The van der Waals surface area contributed by atoms with Crippen LogP contribution in [0.3, 0.4) is 0 Å². The second-order valence-corrected chi connectivity index (χ2v) is 5.11. The van der Waals surface area contributed by atoms with Crippen LogP contribution >= 0.6 is 0 Å². The highest BCUT2D eigenvalue weighted by Crippen LogP contribution is 2.23. The van der Waals surface area contributed by atoms with Crippen LogP contribution in [0.15, 0.2) is 18.2 Å². The number of rotatable bonds is 4. The predicted molar refractivity (Wildman–Crippen MR) is 98.3 cm³/mol. The number of hydrogen-bond acceptors (Lipinski definition) is 6. The van der Waals surface area contributed by atoms with Crippen LogP contribution in [-0.4, -0.2) is 42.2 Å². The van der Waals surface area contributed by atoms with Gasteiger partial charge in [0, 0.05) is 10.5 Å². The van der Waals surface area contributed by atoms with Gasteiger partial charge in [-0.3, -0.25) is 10.1 Å². The molecule has 1 unspecified atom stereocenters. The van der Waals surface area contributed by atoms with Gasteiger partial charge in [-0.1, -0.05) is 27.7 Å². The summed E-state index contributed by atoms with van der Waals surface area (Å²) >= 11 is 0. The molecule has 1 atom stereocenters. The van der Waals surface area contributed by atoms with E-state index in [2.05, 4.69) is 0 Å². The maximum atomic E-state index is 13.2. The van der Waals surface area contributed by atoms with Crippen LogP contribution < -0.4 is 4.74 Å². The molecule has 0 bridgehead atoms. The van der Waals surface area contributed by atoms with E-state index in [9.17, 15) is 4.39 Å².